The van der Waals surface area contributed by atoms with E-state index in [0.29, 0.717) is 12.0 Å². The second kappa shape index (κ2) is 15.5. The largest absolute Gasteiger partial charge is 0.452 e. The fourth-order valence-corrected chi connectivity index (χ4v) is 3.74. The highest BCUT2D eigenvalue weighted by Crippen LogP contribution is 2.20. The average Bonchev–Trinajstić information content (AvgIpc) is 2.76. The van der Waals surface area contributed by atoms with Crippen LogP contribution in [0.4, 0.5) is 13.2 Å². The molecule has 1 rings (SSSR count). The van der Waals surface area contributed by atoms with Gasteiger partial charge in [0.05, 0.1) is 0 Å². The van der Waals surface area contributed by atoms with Gasteiger partial charge in [-0.3, -0.25) is 14.4 Å². The molecule has 5 nitrogen and oxygen atoms in total. The molecule has 8 heteroatoms. The number of hydrogen-bond donors (Lipinski definition) is 2. The normalized spacial score (nSPS) is 13.4. The monoisotopic (exact) mass is 484 g/mol. The minimum atomic E-state index is -5.08. The van der Waals surface area contributed by atoms with Crippen LogP contribution in [-0.4, -0.2) is 35.9 Å². The van der Waals surface area contributed by atoms with Gasteiger partial charge in [0.1, 0.15) is 12.1 Å². The lowest BCUT2D eigenvalue weighted by Gasteiger charge is -2.24. The molecule has 0 aliphatic rings. The van der Waals surface area contributed by atoms with Crippen LogP contribution >= 0.6 is 0 Å². The Hall–Kier alpha value is -2.38. The minimum absolute atomic E-state index is 0.0144. The number of rotatable bonds is 16. The average molecular weight is 485 g/mol. The number of carbonyl (C=O) groups is 3. The lowest BCUT2D eigenvalue weighted by molar-refractivity contribution is -0.173. The molecule has 2 atom stereocenters. The molecule has 0 aliphatic carbocycles. The molecule has 1 aromatic rings. The molecule has 34 heavy (non-hydrogen) atoms. The Labute approximate surface area is 201 Å². The van der Waals surface area contributed by atoms with E-state index in [4.69, 9.17) is 0 Å². The van der Waals surface area contributed by atoms with Crippen LogP contribution in [0.3, 0.4) is 0 Å². The number of ketones is 1. The molecule has 2 amide bonds. The molecular weight excluding hydrogens is 445 g/mol. The van der Waals surface area contributed by atoms with Crippen molar-refractivity contribution in [1.29, 1.82) is 0 Å². The van der Waals surface area contributed by atoms with Crippen LogP contribution in [0.15, 0.2) is 30.3 Å². The molecule has 0 bridgehead atoms. The first kappa shape index (κ1) is 29.7. The summed E-state index contributed by atoms with van der Waals surface area (Å²) in [5.41, 5.74) is 0.494. The third-order valence-electron chi connectivity index (χ3n) is 5.56. The first-order chi connectivity index (χ1) is 16.0. The topological polar surface area (TPSA) is 75.3 Å². The van der Waals surface area contributed by atoms with Crippen LogP contribution in [0.5, 0.6) is 0 Å². The third kappa shape index (κ3) is 12.2. The molecule has 192 valence electrons. The molecule has 0 saturated carbocycles. The van der Waals surface area contributed by atoms with E-state index in [1.165, 1.54) is 19.3 Å². The van der Waals surface area contributed by atoms with Crippen molar-refractivity contribution in [1.82, 2.24) is 10.6 Å². The van der Waals surface area contributed by atoms with Crippen LogP contribution in [0, 0.1) is 5.92 Å². The summed E-state index contributed by atoms with van der Waals surface area (Å²) in [7, 11) is 0. The molecule has 0 unspecified atom stereocenters. The van der Waals surface area contributed by atoms with Crippen LogP contribution in [-0.2, 0) is 20.8 Å². The number of amides is 2. The Morgan fingerprint density at radius 1 is 0.853 bits per heavy atom. The zero-order chi connectivity index (χ0) is 25.6. The second-order valence-corrected chi connectivity index (χ2v) is 9.23. The van der Waals surface area contributed by atoms with Crippen molar-refractivity contribution in [2.45, 2.75) is 103 Å². The fraction of sp³-hybridized carbons (Fsp3) is 0.654. The van der Waals surface area contributed by atoms with Gasteiger partial charge in [0, 0.05) is 12.8 Å². The summed E-state index contributed by atoms with van der Waals surface area (Å²) in [6, 6.07) is 5.44. The minimum Gasteiger partial charge on any atom is -0.344 e. The molecule has 1 aromatic carbocycles. The van der Waals surface area contributed by atoms with E-state index in [0.717, 1.165) is 19.3 Å². The summed E-state index contributed by atoms with van der Waals surface area (Å²) in [4.78, 5) is 37.3. The number of nitrogens with one attached hydrogen (secondary N) is 2. The van der Waals surface area contributed by atoms with E-state index in [1.807, 2.05) is 13.8 Å². The van der Waals surface area contributed by atoms with Crippen molar-refractivity contribution in [2.75, 3.05) is 0 Å². The van der Waals surface area contributed by atoms with E-state index in [1.54, 1.807) is 30.3 Å². The summed E-state index contributed by atoms with van der Waals surface area (Å²) in [6.07, 6.45) is 2.48. The number of Topliss-reactive ketones (excluding diaryl/α,β-unsaturated/α-hetero) is 1. The number of halogens is 3. The van der Waals surface area contributed by atoms with Gasteiger partial charge in [-0.2, -0.15) is 13.2 Å². The van der Waals surface area contributed by atoms with E-state index in [9.17, 15) is 27.6 Å². The summed E-state index contributed by atoms with van der Waals surface area (Å²) in [5.74, 6) is -3.08. The van der Waals surface area contributed by atoms with Crippen LogP contribution in [0.25, 0.3) is 0 Å². The van der Waals surface area contributed by atoms with Crippen LogP contribution in [0.1, 0.15) is 84.1 Å². The second-order valence-electron chi connectivity index (χ2n) is 9.23. The Balaban J connectivity index is 2.75. The Morgan fingerprint density at radius 2 is 1.44 bits per heavy atom. The zero-order valence-electron chi connectivity index (χ0n) is 20.5. The maximum absolute atomic E-state index is 13.2. The SMILES string of the molecule is CCCCCCCCCC(=O)N[C@@H](CC(C)C)C(=O)N[C@@H](Cc1ccccc1)C(=O)C(F)(F)F. The van der Waals surface area contributed by atoms with E-state index >= 15 is 0 Å². The Morgan fingerprint density at radius 3 is 2.00 bits per heavy atom. The van der Waals surface area contributed by atoms with Crippen molar-refractivity contribution >= 4 is 17.6 Å². The first-order valence-electron chi connectivity index (χ1n) is 12.3. The maximum atomic E-state index is 13.2. The van der Waals surface area contributed by atoms with Crippen molar-refractivity contribution in [3.8, 4) is 0 Å². The van der Waals surface area contributed by atoms with Crippen molar-refractivity contribution < 1.29 is 27.6 Å². The molecule has 0 aliphatic heterocycles. The quantitative estimate of drug-likeness (QED) is 0.304. The van der Waals surface area contributed by atoms with Gasteiger partial charge < -0.3 is 10.6 Å². The summed E-state index contributed by atoms with van der Waals surface area (Å²) < 4.78 is 39.5. The van der Waals surface area contributed by atoms with Gasteiger partial charge in [-0.15, -0.1) is 0 Å². The molecule has 0 aromatic heterocycles. The van der Waals surface area contributed by atoms with Crippen molar-refractivity contribution in [3.63, 3.8) is 0 Å². The lowest BCUT2D eigenvalue weighted by Crippen LogP contribution is -2.54. The van der Waals surface area contributed by atoms with Gasteiger partial charge in [-0.1, -0.05) is 89.6 Å². The van der Waals surface area contributed by atoms with Crippen LogP contribution < -0.4 is 10.6 Å². The molecule has 0 radical (unpaired) electrons. The van der Waals surface area contributed by atoms with Crippen molar-refractivity contribution in [3.05, 3.63) is 35.9 Å². The summed E-state index contributed by atoms with van der Waals surface area (Å²) in [5, 5.41) is 4.92. The van der Waals surface area contributed by atoms with E-state index in [2.05, 4.69) is 17.6 Å². The lowest BCUT2D eigenvalue weighted by atomic mass is 9.99. The predicted molar refractivity (Wildman–Crippen MR) is 127 cm³/mol. The first-order valence-corrected chi connectivity index (χ1v) is 12.3. The van der Waals surface area contributed by atoms with Gasteiger partial charge in [0.15, 0.2) is 0 Å². The van der Waals surface area contributed by atoms with Gasteiger partial charge in [-0.05, 0) is 24.3 Å². The number of benzene rings is 1. The number of carbonyl (C=O) groups excluding carboxylic acids is 3. The number of unbranched alkanes of at least 4 members (excludes halogenated alkanes) is 6. The van der Waals surface area contributed by atoms with Gasteiger partial charge in [0.2, 0.25) is 11.8 Å². The maximum Gasteiger partial charge on any atom is 0.452 e. The number of alkyl halides is 3. The molecule has 0 heterocycles. The summed E-state index contributed by atoms with van der Waals surface area (Å²) >= 11 is 0. The highest BCUT2D eigenvalue weighted by molar-refractivity contribution is 5.95. The standard InChI is InChI=1S/C26H39F3N2O3/c1-4-5-6-7-8-9-13-16-23(32)30-22(17-19(2)3)25(34)31-21(24(33)26(27,28)29)18-20-14-11-10-12-15-20/h10-12,14-15,19,21-22H,4-9,13,16-18H2,1-3H3,(H,30,32)(H,31,34)/t21-,22-/m0/s1. The van der Waals surface area contributed by atoms with Gasteiger partial charge in [-0.25, -0.2) is 0 Å². The fourth-order valence-electron chi connectivity index (χ4n) is 3.74. The number of hydrogen-bond acceptors (Lipinski definition) is 3. The third-order valence-corrected chi connectivity index (χ3v) is 5.56. The predicted octanol–water partition coefficient (Wildman–Crippen LogP) is 5.52. The summed E-state index contributed by atoms with van der Waals surface area (Å²) in [6.45, 7) is 5.85. The molecule has 0 saturated heterocycles. The van der Waals surface area contributed by atoms with Gasteiger partial charge in [0.25, 0.3) is 5.78 Å². The Bertz CT molecular complexity index is 751. The van der Waals surface area contributed by atoms with E-state index < -0.39 is 30.0 Å². The molecular formula is C26H39F3N2O3. The van der Waals surface area contributed by atoms with Crippen LogP contribution in [0.2, 0.25) is 0 Å². The van der Waals surface area contributed by atoms with Crippen molar-refractivity contribution in [2.24, 2.45) is 5.92 Å². The van der Waals surface area contributed by atoms with E-state index in [-0.39, 0.29) is 31.1 Å². The molecule has 0 spiro atoms. The highest BCUT2D eigenvalue weighted by atomic mass is 19.4. The van der Waals surface area contributed by atoms with Gasteiger partial charge >= 0.3 is 6.18 Å². The molecule has 0 fully saturated rings. The zero-order valence-corrected chi connectivity index (χ0v) is 20.5. The Kier molecular flexibility index (Phi) is 13.5. The highest BCUT2D eigenvalue weighted by Gasteiger charge is 2.44. The smallest absolute Gasteiger partial charge is 0.344 e. The molecule has 2 N–H and O–H groups in total.